The molecule has 3 aromatic rings. The van der Waals surface area contributed by atoms with E-state index in [-0.39, 0.29) is 5.91 Å². The van der Waals surface area contributed by atoms with E-state index >= 15 is 0 Å². The number of aromatic nitrogens is 1. The van der Waals surface area contributed by atoms with E-state index in [0.29, 0.717) is 17.1 Å². The summed E-state index contributed by atoms with van der Waals surface area (Å²) in [4.78, 5) is 12.7. The van der Waals surface area contributed by atoms with Gasteiger partial charge in [-0.25, -0.2) is 0 Å². The molecule has 0 amide bonds. The summed E-state index contributed by atoms with van der Waals surface area (Å²) in [6.45, 7) is 2.00. The van der Waals surface area contributed by atoms with Crippen molar-refractivity contribution in [2.45, 2.75) is 6.92 Å². The first-order valence-electron chi connectivity index (χ1n) is 6.98. The van der Waals surface area contributed by atoms with Crippen LogP contribution in [0.15, 0.2) is 48.7 Å². The number of carbonyl (C=O) groups is 1. The Labute approximate surface area is 128 Å². The van der Waals surface area contributed by atoms with Gasteiger partial charge in [0.1, 0.15) is 11.5 Å². The molecule has 22 heavy (non-hydrogen) atoms. The summed E-state index contributed by atoms with van der Waals surface area (Å²) >= 11 is 0. The van der Waals surface area contributed by atoms with Gasteiger partial charge >= 0.3 is 0 Å². The molecule has 1 aromatic heterocycles. The van der Waals surface area contributed by atoms with Crippen molar-refractivity contribution in [2.24, 2.45) is 0 Å². The van der Waals surface area contributed by atoms with Crippen molar-refractivity contribution in [1.82, 2.24) is 4.57 Å². The number of rotatable bonds is 3. The van der Waals surface area contributed by atoms with Crippen LogP contribution in [0.2, 0.25) is 0 Å². The zero-order chi connectivity index (χ0) is 15.7. The number of nitrogens with zero attached hydrogens (tertiary/aromatic N) is 1. The molecule has 3 rings (SSSR count). The molecular formula is C18H17NO3. The SMILES string of the molecule is COc1cc(OC)c2ccn(C(=O)c3ccc(C)cc3)c2c1. The van der Waals surface area contributed by atoms with Gasteiger partial charge < -0.3 is 9.47 Å². The molecule has 1 heterocycles. The summed E-state index contributed by atoms with van der Waals surface area (Å²) in [6.07, 6.45) is 1.76. The number of aryl methyl sites for hydroxylation is 1. The number of methoxy groups -OCH3 is 2. The first-order chi connectivity index (χ1) is 10.6. The summed E-state index contributed by atoms with van der Waals surface area (Å²) in [6, 6.07) is 13.1. The van der Waals surface area contributed by atoms with Gasteiger partial charge in [0.2, 0.25) is 0 Å². The molecule has 4 heteroatoms. The zero-order valence-electron chi connectivity index (χ0n) is 12.8. The Hall–Kier alpha value is -2.75. The lowest BCUT2D eigenvalue weighted by Crippen LogP contribution is -2.10. The fourth-order valence-corrected chi connectivity index (χ4v) is 2.48. The Morgan fingerprint density at radius 1 is 1.00 bits per heavy atom. The molecule has 0 saturated carbocycles. The summed E-state index contributed by atoms with van der Waals surface area (Å²) in [5.74, 6) is 1.26. The lowest BCUT2D eigenvalue weighted by molar-refractivity contribution is 0.0965. The lowest BCUT2D eigenvalue weighted by atomic mass is 10.1. The normalized spacial score (nSPS) is 10.7. The molecule has 0 saturated heterocycles. The molecule has 0 bridgehead atoms. The van der Waals surface area contributed by atoms with E-state index in [1.165, 1.54) is 0 Å². The van der Waals surface area contributed by atoms with E-state index in [1.54, 1.807) is 25.0 Å². The van der Waals surface area contributed by atoms with Gasteiger partial charge in [0, 0.05) is 29.3 Å². The molecule has 0 radical (unpaired) electrons. The minimum Gasteiger partial charge on any atom is -0.497 e. The maximum Gasteiger partial charge on any atom is 0.262 e. The van der Waals surface area contributed by atoms with E-state index < -0.39 is 0 Å². The summed E-state index contributed by atoms with van der Waals surface area (Å²) in [7, 11) is 3.20. The van der Waals surface area contributed by atoms with Crippen molar-refractivity contribution in [2.75, 3.05) is 14.2 Å². The van der Waals surface area contributed by atoms with Gasteiger partial charge in [-0.05, 0) is 25.1 Å². The van der Waals surface area contributed by atoms with Gasteiger partial charge in [0.05, 0.1) is 19.7 Å². The molecule has 0 aliphatic carbocycles. The number of ether oxygens (including phenoxy) is 2. The summed E-state index contributed by atoms with van der Waals surface area (Å²) < 4.78 is 12.3. The quantitative estimate of drug-likeness (QED) is 0.740. The van der Waals surface area contributed by atoms with Crippen molar-refractivity contribution in [3.05, 3.63) is 59.8 Å². The minimum atomic E-state index is -0.0784. The largest absolute Gasteiger partial charge is 0.497 e. The fourth-order valence-electron chi connectivity index (χ4n) is 2.48. The van der Waals surface area contributed by atoms with Crippen LogP contribution in [0.3, 0.4) is 0 Å². The van der Waals surface area contributed by atoms with Crippen LogP contribution in [0.25, 0.3) is 10.9 Å². The molecule has 4 nitrogen and oxygen atoms in total. The number of hydrogen-bond donors (Lipinski definition) is 0. The standard InChI is InChI=1S/C18H17NO3/c1-12-4-6-13(7-5-12)18(20)19-9-8-15-16(19)10-14(21-2)11-17(15)22-3/h4-11H,1-3H3. The molecule has 112 valence electrons. The maximum atomic E-state index is 12.7. The van der Waals surface area contributed by atoms with Crippen LogP contribution in [0.4, 0.5) is 0 Å². The highest BCUT2D eigenvalue weighted by Crippen LogP contribution is 2.32. The number of hydrogen-bond acceptors (Lipinski definition) is 3. The smallest absolute Gasteiger partial charge is 0.262 e. The van der Waals surface area contributed by atoms with Crippen LogP contribution in [0, 0.1) is 6.92 Å². The van der Waals surface area contributed by atoms with Gasteiger partial charge in [0.15, 0.2) is 0 Å². The maximum absolute atomic E-state index is 12.7. The molecular weight excluding hydrogens is 278 g/mol. The average Bonchev–Trinajstić information content (AvgIpc) is 2.97. The van der Waals surface area contributed by atoms with Gasteiger partial charge in [-0.2, -0.15) is 0 Å². The van der Waals surface area contributed by atoms with Crippen molar-refractivity contribution >= 4 is 16.8 Å². The van der Waals surface area contributed by atoms with Gasteiger partial charge in [-0.1, -0.05) is 17.7 Å². The summed E-state index contributed by atoms with van der Waals surface area (Å²) in [5.41, 5.74) is 2.53. The highest BCUT2D eigenvalue weighted by Gasteiger charge is 2.15. The van der Waals surface area contributed by atoms with Gasteiger partial charge in [-0.3, -0.25) is 9.36 Å². The van der Waals surface area contributed by atoms with E-state index in [2.05, 4.69) is 0 Å². The molecule has 0 aliphatic heterocycles. The van der Waals surface area contributed by atoms with Crippen LogP contribution in [-0.2, 0) is 0 Å². The summed E-state index contributed by atoms with van der Waals surface area (Å²) in [5, 5.41) is 0.878. The third-order valence-electron chi connectivity index (χ3n) is 3.72. The van der Waals surface area contributed by atoms with Crippen LogP contribution in [-0.4, -0.2) is 24.7 Å². The van der Waals surface area contributed by atoms with Gasteiger partial charge in [0.25, 0.3) is 5.91 Å². The van der Waals surface area contributed by atoms with E-state index in [0.717, 1.165) is 16.5 Å². The van der Waals surface area contributed by atoms with Crippen LogP contribution in [0.5, 0.6) is 11.5 Å². The Morgan fingerprint density at radius 2 is 1.73 bits per heavy atom. The fraction of sp³-hybridized carbons (Fsp3) is 0.167. The average molecular weight is 295 g/mol. The van der Waals surface area contributed by atoms with Crippen LogP contribution in [0.1, 0.15) is 15.9 Å². The second-order valence-electron chi connectivity index (χ2n) is 5.12. The molecule has 0 spiro atoms. The lowest BCUT2D eigenvalue weighted by Gasteiger charge is -2.09. The number of carbonyl (C=O) groups excluding carboxylic acids is 1. The topological polar surface area (TPSA) is 40.5 Å². The first kappa shape index (κ1) is 14.2. The van der Waals surface area contributed by atoms with Crippen molar-refractivity contribution in [3.63, 3.8) is 0 Å². The first-order valence-corrected chi connectivity index (χ1v) is 6.98. The van der Waals surface area contributed by atoms with E-state index in [9.17, 15) is 4.79 Å². The molecule has 0 aliphatic rings. The second-order valence-corrected chi connectivity index (χ2v) is 5.12. The van der Waals surface area contributed by atoms with Crippen molar-refractivity contribution < 1.29 is 14.3 Å². The highest BCUT2D eigenvalue weighted by atomic mass is 16.5. The Balaban J connectivity index is 2.14. The van der Waals surface area contributed by atoms with Gasteiger partial charge in [-0.15, -0.1) is 0 Å². The molecule has 0 N–H and O–H groups in total. The predicted molar refractivity (Wildman–Crippen MR) is 85.9 cm³/mol. The Kier molecular flexibility index (Phi) is 3.59. The number of benzene rings is 2. The number of fused-ring (bicyclic) bond motifs is 1. The molecule has 0 fully saturated rings. The molecule has 0 unspecified atom stereocenters. The second kappa shape index (κ2) is 5.56. The van der Waals surface area contributed by atoms with Crippen molar-refractivity contribution in [1.29, 1.82) is 0 Å². The third kappa shape index (κ3) is 2.33. The van der Waals surface area contributed by atoms with Crippen molar-refractivity contribution in [3.8, 4) is 11.5 Å². The molecule has 0 atom stereocenters. The van der Waals surface area contributed by atoms with E-state index in [1.807, 2.05) is 49.4 Å². The van der Waals surface area contributed by atoms with E-state index in [4.69, 9.17) is 9.47 Å². The molecule has 2 aromatic carbocycles. The minimum absolute atomic E-state index is 0.0784. The Bertz CT molecular complexity index is 831. The highest BCUT2D eigenvalue weighted by molar-refractivity contribution is 6.03. The van der Waals surface area contributed by atoms with Crippen LogP contribution >= 0.6 is 0 Å². The monoisotopic (exact) mass is 295 g/mol. The predicted octanol–water partition coefficient (Wildman–Crippen LogP) is 3.66. The zero-order valence-corrected chi connectivity index (χ0v) is 12.8. The van der Waals surface area contributed by atoms with Crippen LogP contribution < -0.4 is 9.47 Å². The third-order valence-corrected chi connectivity index (χ3v) is 3.72. The Morgan fingerprint density at radius 3 is 2.36 bits per heavy atom.